The molecule has 3 heterocycles. The summed E-state index contributed by atoms with van der Waals surface area (Å²) in [5.41, 5.74) is 3.37. The van der Waals surface area contributed by atoms with Crippen molar-refractivity contribution in [2.75, 3.05) is 13.1 Å². The number of nitrogens with zero attached hydrogens (tertiary/aromatic N) is 3. The lowest BCUT2D eigenvalue weighted by atomic mass is 10.1. The summed E-state index contributed by atoms with van der Waals surface area (Å²) in [6.07, 6.45) is 3.77. The summed E-state index contributed by atoms with van der Waals surface area (Å²) < 4.78 is 5.49. The molecule has 0 saturated carbocycles. The SMILES string of the molecule is O=C1CC(c2noc(Cc3c[nH]c4ccccc34)n2)CN1CCc1ccc(Cl)cc1. The Bertz CT molecular complexity index is 1180. The molecule has 1 aliphatic heterocycles. The first kappa shape index (κ1) is 18.9. The van der Waals surface area contributed by atoms with E-state index in [0.29, 0.717) is 37.6 Å². The zero-order valence-corrected chi connectivity index (χ0v) is 17.1. The Labute approximate surface area is 178 Å². The van der Waals surface area contributed by atoms with Crippen LogP contribution in [-0.4, -0.2) is 39.0 Å². The predicted molar refractivity (Wildman–Crippen MR) is 114 cm³/mol. The highest BCUT2D eigenvalue weighted by Crippen LogP contribution is 2.27. The lowest BCUT2D eigenvalue weighted by Gasteiger charge is -2.15. The van der Waals surface area contributed by atoms with Crippen LogP contribution in [0.15, 0.2) is 59.3 Å². The van der Waals surface area contributed by atoms with E-state index < -0.39 is 0 Å². The van der Waals surface area contributed by atoms with Crippen molar-refractivity contribution in [1.29, 1.82) is 0 Å². The highest BCUT2D eigenvalue weighted by Gasteiger charge is 2.33. The minimum Gasteiger partial charge on any atom is -0.361 e. The van der Waals surface area contributed by atoms with Gasteiger partial charge in [-0.3, -0.25) is 4.79 Å². The molecule has 2 aromatic heterocycles. The third-order valence-corrected chi connectivity index (χ3v) is 5.92. The highest BCUT2D eigenvalue weighted by atomic mass is 35.5. The van der Waals surface area contributed by atoms with Gasteiger partial charge in [-0.2, -0.15) is 4.98 Å². The lowest BCUT2D eigenvalue weighted by molar-refractivity contribution is -0.127. The number of amides is 1. The molecular formula is C23H21ClN4O2. The number of carbonyl (C=O) groups is 1. The molecule has 1 amide bonds. The second kappa shape index (κ2) is 7.95. The number of nitrogens with one attached hydrogen (secondary N) is 1. The Hall–Kier alpha value is -3.12. The minimum atomic E-state index is -0.0248. The van der Waals surface area contributed by atoms with Gasteiger partial charge in [0, 0.05) is 47.6 Å². The van der Waals surface area contributed by atoms with Gasteiger partial charge in [0.2, 0.25) is 11.8 Å². The second-order valence-corrected chi connectivity index (χ2v) is 8.14. The number of aromatic nitrogens is 3. The van der Waals surface area contributed by atoms with Crippen LogP contribution in [0.25, 0.3) is 10.9 Å². The van der Waals surface area contributed by atoms with E-state index in [4.69, 9.17) is 16.1 Å². The number of para-hydroxylation sites is 1. The van der Waals surface area contributed by atoms with E-state index in [2.05, 4.69) is 21.2 Å². The summed E-state index contributed by atoms with van der Waals surface area (Å²) in [6.45, 7) is 1.30. The topological polar surface area (TPSA) is 75.0 Å². The molecule has 1 fully saturated rings. The molecule has 1 atom stereocenters. The maximum atomic E-state index is 12.5. The smallest absolute Gasteiger partial charge is 0.231 e. The molecule has 0 radical (unpaired) electrons. The van der Waals surface area contributed by atoms with Gasteiger partial charge in [0.25, 0.3) is 0 Å². The molecule has 1 unspecified atom stereocenters. The molecular weight excluding hydrogens is 400 g/mol. The number of rotatable bonds is 6. The first-order valence-electron chi connectivity index (χ1n) is 10.1. The largest absolute Gasteiger partial charge is 0.361 e. The molecule has 6 nitrogen and oxygen atoms in total. The number of carbonyl (C=O) groups excluding carboxylic acids is 1. The number of H-pyrrole nitrogens is 1. The van der Waals surface area contributed by atoms with Gasteiger partial charge in [-0.1, -0.05) is 47.1 Å². The Morgan fingerprint density at radius 2 is 2.00 bits per heavy atom. The van der Waals surface area contributed by atoms with Crippen LogP contribution in [0.5, 0.6) is 0 Å². The summed E-state index contributed by atoms with van der Waals surface area (Å²) in [4.78, 5) is 22.2. The molecule has 4 aromatic rings. The van der Waals surface area contributed by atoms with E-state index in [1.807, 2.05) is 53.6 Å². The Morgan fingerprint density at radius 1 is 1.17 bits per heavy atom. The van der Waals surface area contributed by atoms with Crippen molar-refractivity contribution in [2.45, 2.75) is 25.2 Å². The standard InChI is InChI=1S/C23H21ClN4O2/c24-18-7-5-15(6-8-18)9-10-28-14-17(12-22(28)29)23-26-21(30-27-23)11-16-13-25-20-4-2-1-3-19(16)20/h1-8,13,17,25H,9-12,14H2. The summed E-state index contributed by atoms with van der Waals surface area (Å²) in [5, 5.41) is 6.04. The van der Waals surface area contributed by atoms with E-state index in [1.165, 1.54) is 0 Å². The van der Waals surface area contributed by atoms with Crippen molar-refractivity contribution in [3.05, 3.63) is 82.6 Å². The van der Waals surface area contributed by atoms with Crippen LogP contribution in [0, 0.1) is 0 Å². The van der Waals surface area contributed by atoms with Crippen molar-refractivity contribution in [3.63, 3.8) is 0 Å². The molecule has 1 N–H and O–H groups in total. The quantitative estimate of drug-likeness (QED) is 0.503. The third-order valence-electron chi connectivity index (χ3n) is 5.66. The molecule has 0 aliphatic carbocycles. The number of likely N-dealkylation sites (tertiary alicyclic amines) is 1. The first-order valence-corrected chi connectivity index (χ1v) is 10.4. The average Bonchev–Trinajstić information content (AvgIpc) is 3.47. The number of halogens is 1. The summed E-state index contributed by atoms with van der Waals surface area (Å²) in [7, 11) is 0. The van der Waals surface area contributed by atoms with Crippen LogP contribution < -0.4 is 0 Å². The molecule has 5 rings (SSSR count). The maximum Gasteiger partial charge on any atom is 0.231 e. The van der Waals surface area contributed by atoms with Crippen molar-refractivity contribution in [3.8, 4) is 0 Å². The number of hydrogen-bond donors (Lipinski definition) is 1. The summed E-state index contributed by atoms with van der Waals surface area (Å²) >= 11 is 5.94. The summed E-state index contributed by atoms with van der Waals surface area (Å²) in [5.74, 6) is 1.30. The maximum absolute atomic E-state index is 12.5. The molecule has 1 aliphatic rings. The van der Waals surface area contributed by atoms with Crippen LogP contribution in [0.4, 0.5) is 0 Å². The molecule has 1 saturated heterocycles. The Morgan fingerprint density at radius 3 is 2.87 bits per heavy atom. The number of fused-ring (bicyclic) bond motifs is 1. The van der Waals surface area contributed by atoms with Crippen molar-refractivity contribution in [2.24, 2.45) is 0 Å². The fourth-order valence-electron chi connectivity index (χ4n) is 4.02. The van der Waals surface area contributed by atoms with E-state index in [1.54, 1.807) is 0 Å². The van der Waals surface area contributed by atoms with E-state index in [9.17, 15) is 4.79 Å². The van der Waals surface area contributed by atoms with Gasteiger partial charge in [0.1, 0.15) is 0 Å². The van der Waals surface area contributed by atoms with Gasteiger partial charge >= 0.3 is 0 Å². The predicted octanol–water partition coefficient (Wildman–Crippen LogP) is 4.35. The van der Waals surface area contributed by atoms with Crippen molar-refractivity contribution in [1.82, 2.24) is 20.0 Å². The Kier molecular flexibility index (Phi) is 5.01. The van der Waals surface area contributed by atoms with Crippen molar-refractivity contribution >= 4 is 28.4 Å². The zero-order chi connectivity index (χ0) is 20.5. The van der Waals surface area contributed by atoms with Gasteiger partial charge in [-0.25, -0.2) is 0 Å². The van der Waals surface area contributed by atoms with Crippen LogP contribution in [-0.2, 0) is 17.6 Å². The normalized spacial score (nSPS) is 16.6. The van der Waals surface area contributed by atoms with E-state index in [0.717, 1.165) is 33.5 Å². The highest BCUT2D eigenvalue weighted by molar-refractivity contribution is 6.30. The van der Waals surface area contributed by atoms with Crippen molar-refractivity contribution < 1.29 is 9.32 Å². The number of aromatic amines is 1. The monoisotopic (exact) mass is 420 g/mol. The van der Waals surface area contributed by atoms with Gasteiger partial charge in [-0.05, 0) is 35.7 Å². The van der Waals surface area contributed by atoms with Crippen LogP contribution in [0.2, 0.25) is 5.02 Å². The van der Waals surface area contributed by atoms with E-state index in [-0.39, 0.29) is 11.8 Å². The third kappa shape index (κ3) is 3.83. The molecule has 2 aromatic carbocycles. The van der Waals surface area contributed by atoms with Crippen LogP contribution in [0.3, 0.4) is 0 Å². The molecule has 152 valence electrons. The van der Waals surface area contributed by atoms with Gasteiger partial charge in [0.15, 0.2) is 5.82 Å². The number of hydrogen-bond acceptors (Lipinski definition) is 4. The van der Waals surface area contributed by atoms with E-state index >= 15 is 0 Å². The molecule has 0 bridgehead atoms. The van der Waals surface area contributed by atoms with Crippen LogP contribution >= 0.6 is 11.6 Å². The minimum absolute atomic E-state index is 0.0248. The summed E-state index contributed by atoms with van der Waals surface area (Å²) in [6, 6.07) is 15.9. The first-order chi connectivity index (χ1) is 14.7. The second-order valence-electron chi connectivity index (χ2n) is 7.70. The van der Waals surface area contributed by atoms with Crippen LogP contribution in [0.1, 0.15) is 35.2 Å². The van der Waals surface area contributed by atoms with Gasteiger partial charge in [-0.15, -0.1) is 0 Å². The zero-order valence-electron chi connectivity index (χ0n) is 16.3. The van der Waals surface area contributed by atoms with Gasteiger partial charge in [0.05, 0.1) is 6.42 Å². The lowest BCUT2D eigenvalue weighted by Crippen LogP contribution is -2.27. The molecule has 7 heteroatoms. The fourth-order valence-corrected chi connectivity index (χ4v) is 4.15. The Balaban J connectivity index is 1.23. The average molecular weight is 421 g/mol. The molecule has 30 heavy (non-hydrogen) atoms. The number of benzene rings is 2. The van der Waals surface area contributed by atoms with Gasteiger partial charge < -0.3 is 14.4 Å². The fraction of sp³-hybridized carbons (Fsp3) is 0.261. The molecule has 0 spiro atoms.